The predicted molar refractivity (Wildman–Crippen MR) is 127 cm³/mol. The minimum absolute atomic E-state index is 0. The molecule has 2 unspecified atom stereocenters. The topological polar surface area (TPSA) is 68.8 Å². The standard InChI is InChI=1S/C21H35N5O.HI/c1-16-13-18(11-12-26(16)15-17-9-7-6-8-10-17)24-20(22-5)23-14-19(27)25-21(2,3)4;/h6-10,16,18H,11-15H2,1-5H3,(H,25,27)(H2,22,23,24);1H. The second kappa shape index (κ2) is 11.6. The molecular weight excluding hydrogens is 465 g/mol. The van der Waals surface area contributed by atoms with Crippen molar-refractivity contribution in [1.82, 2.24) is 20.9 Å². The number of rotatable bonds is 5. The average Bonchev–Trinajstić information content (AvgIpc) is 2.60. The third-order valence-corrected chi connectivity index (χ3v) is 4.74. The van der Waals surface area contributed by atoms with E-state index < -0.39 is 0 Å². The van der Waals surface area contributed by atoms with Crippen molar-refractivity contribution >= 4 is 35.8 Å². The number of carbonyl (C=O) groups excluding carboxylic acids is 1. The first-order valence-corrected chi connectivity index (χ1v) is 9.83. The lowest BCUT2D eigenvalue weighted by Crippen LogP contribution is -2.53. The number of hydrogen-bond acceptors (Lipinski definition) is 3. The van der Waals surface area contributed by atoms with Gasteiger partial charge in [-0.25, -0.2) is 0 Å². The highest BCUT2D eigenvalue weighted by Crippen LogP contribution is 2.19. The Bertz CT molecular complexity index is 629. The van der Waals surface area contributed by atoms with Gasteiger partial charge in [-0.3, -0.25) is 14.7 Å². The Kier molecular flexibility index (Phi) is 10.2. The number of benzene rings is 1. The number of likely N-dealkylation sites (tertiary alicyclic amines) is 1. The van der Waals surface area contributed by atoms with Crippen molar-refractivity contribution in [3.05, 3.63) is 35.9 Å². The molecule has 1 saturated heterocycles. The van der Waals surface area contributed by atoms with Crippen LogP contribution in [0.15, 0.2) is 35.3 Å². The monoisotopic (exact) mass is 501 g/mol. The fourth-order valence-corrected chi connectivity index (χ4v) is 3.42. The van der Waals surface area contributed by atoms with E-state index in [1.165, 1.54) is 5.56 Å². The highest BCUT2D eigenvalue weighted by Gasteiger charge is 2.26. The van der Waals surface area contributed by atoms with Gasteiger partial charge >= 0.3 is 0 Å². The van der Waals surface area contributed by atoms with E-state index in [1.807, 2.05) is 20.8 Å². The number of nitrogens with zero attached hydrogens (tertiary/aromatic N) is 2. The van der Waals surface area contributed by atoms with Crippen molar-refractivity contribution in [1.29, 1.82) is 0 Å². The molecule has 28 heavy (non-hydrogen) atoms. The number of aliphatic imine (C=N–C) groups is 1. The molecule has 2 atom stereocenters. The van der Waals surface area contributed by atoms with Gasteiger partial charge < -0.3 is 16.0 Å². The molecule has 158 valence electrons. The molecule has 3 N–H and O–H groups in total. The van der Waals surface area contributed by atoms with Crippen LogP contribution in [0.4, 0.5) is 0 Å². The maximum absolute atomic E-state index is 12.0. The van der Waals surface area contributed by atoms with E-state index in [1.54, 1.807) is 7.05 Å². The summed E-state index contributed by atoms with van der Waals surface area (Å²) in [5.41, 5.74) is 1.13. The van der Waals surface area contributed by atoms with Crippen LogP contribution >= 0.6 is 24.0 Å². The number of amides is 1. The molecule has 1 aliphatic heterocycles. The molecule has 1 amide bonds. The SMILES string of the molecule is CN=C(NCC(=O)NC(C)(C)C)NC1CCN(Cc2ccccc2)C(C)C1.I. The molecule has 0 radical (unpaired) electrons. The zero-order chi connectivity index (χ0) is 19.9. The summed E-state index contributed by atoms with van der Waals surface area (Å²) >= 11 is 0. The lowest BCUT2D eigenvalue weighted by Gasteiger charge is -2.38. The van der Waals surface area contributed by atoms with Crippen LogP contribution in [-0.2, 0) is 11.3 Å². The Morgan fingerprint density at radius 2 is 1.93 bits per heavy atom. The van der Waals surface area contributed by atoms with Crippen molar-refractivity contribution in [2.24, 2.45) is 4.99 Å². The van der Waals surface area contributed by atoms with E-state index in [9.17, 15) is 4.79 Å². The van der Waals surface area contributed by atoms with Gasteiger partial charge in [0.2, 0.25) is 5.91 Å². The van der Waals surface area contributed by atoms with E-state index in [-0.39, 0.29) is 42.0 Å². The average molecular weight is 501 g/mol. The number of hydrogen-bond donors (Lipinski definition) is 3. The molecular formula is C21H36IN5O. The maximum atomic E-state index is 12.0. The molecule has 0 bridgehead atoms. The second-order valence-corrected chi connectivity index (χ2v) is 8.39. The summed E-state index contributed by atoms with van der Waals surface area (Å²) in [5.74, 6) is 0.657. The first-order valence-electron chi connectivity index (χ1n) is 9.83. The normalized spacial score (nSPS) is 20.8. The van der Waals surface area contributed by atoms with E-state index in [0.29, 0.717) is 18.0 Å². The fraction of sp³-hybridized carbons (Fsp3) is 0.619. The van der Waals surface area contributed by atoms with Crippen LogP contribution in [0.3, 0.4) is 0 Å². The molecule has 1 aromatic rings. The van der Waals surface area contributed by atoms with Gasteiger partial charge in [-0.15, -0.1) is 24.0 Å². The zero-order valence-electron chi connectivity index (χ0n) is 17.8. The first-order chi connectivity index (χ1) is 12.8. The Hall–Kier alpha value is -1.35. The van der Waals surface area contributed by atoms with Gasteiger partial charge in [0.1, 0.15) is 0 Å². The van der Waals surface area contributed by atoms with Crippen LogP contribution in [0.25, 0.3) is 0 Å². The molecule has 0 aliphatic carbocycles. The van der Waals surface area contributed by atoms with Crippen molar-refractivity contribution in [3.8, 4) is 0 Å². The number of carbonyl (C=O) groups is 1. The lowest BCUT2D eigenvalue weighted by molar-refractivity contribution is -0.121. The van der Waals surface area contributed by atoms with Crippen molar-refractivity contribution in [3.63, 3.8) is 0 Å². The van der Waals surface area contributed by atoms with Gasteiger partial charge in [-0.2, -0.15) is 0 Å². The quantitative estimate of drug-likeness (QED) is 0.330. The molecule has 7 heteroatoms. The van der Waals surface area contributed by atoms with Crippen LogP contribution in [0.2, 0.25) is 0 Å². The van der Waals surface area contributed by atoms with Gasteiger partial charge in [0.25, 0.3) is 0 Å². The Balaban J connectivity index is 0.00000392. The van der Waals surface area contributed by atoms with Gasteiger partial charge in [0.05, 0.1) is 6.54 Å². The lowest BCUT2D eigenvalue weighted by atomic mass is 9.97. The second-order valence-electron chi connectivity index (χ2n) is 8.39. The number of piperidine rings is 1. The molecule has 6 nitrogen and oxygen atoms in total. The summed E-state index contributed by atoms with van der Waals surface area (Å²) in [4.78, 5) is 18.8. The fourth-order valence-electron chi connectivity index (χ4n) is 3.42. The summed E-state index contributed by atoms with van der Waals surface area (Å²) in [6, 6.07) is 11.5. The third kappa shape index (κ3) is 8.77. The molecule has 1 fully saturated rings. The number of halogens is 1. The van der Waals surface area contributed by atoms with Crippen molar-refractivity contribution < 1.29 is 4.79 Å². The van der Waals surface area contributed by atoms with E-state index in [0.717, 1.165) is 25.9 Å². The van der Waals surface area contributed by atoms with Gasteiger partial charge in [0.15, 0.2) is 5.96 Å². The molecule has 0 saturated carbocycles. The highest BCUT2D eigenvalue weighted by atomic mass is 127. The Labute approximate surface area is 187 Å². The molecule has 0 spiro atoms. The predicted octanol–water partition coefficient (Wildman–Crippen LogP) is 2.74. The van der Waals surface area contributed by atoms with E-state index in [2.05, 4.69) is 63.1 Å². The zero-order valence-corrected chi connectivity index (χ0v) is 20.1. The summed E-state index contributed by atoms with van der Waals surface area (Å²) in [6.45, 7) is 10.5. The molecule has 1 heterocycles. The third-order valence-electron chi connectivity index (χ3n) is 4.74. The summed E-state index contributed by atoms with van der Waals surface area (Å²) in [5, 5.41) is 9.54. The minimum atomic E-state index is -0.225. The number of guanidine groups is 1. The van der Waals surface area contributed by atoms with E-state index in [4.69, 9.17) is 0 Å². The minimum Gasteiger partial charge on any atom is -0.354 e. The molecule has 2 rings (SSSR count). The summed E-state index contributed by atoms with van der Waals surface area (Å²) < 4.78 is 0. The summed E-state index contributed by atoms with van der Waals surface area (Å²) in [6.07, 6.45) is 2.12. The first kappa shape index (κ1) is 24.7. The van der Waals surface area contributed by atoms with Crippen LogP contribution in [0.1, 0.15) is 46.1 Å². The van der Waals surface area contributed by atoms with Gasteiger partial charge in [0, 0.05) is 37.8 Å². The van der Waals surface area contributed by atoms with Crippen molar-refractivity contribution in [2.75, 3.05) is 20.1 Å². The highest BCUT2D eigenvalue weighted by molar-refractivity contribution is 14.0. The smallest absolute Gasteiger partial charge is 0.239 e. The van der Waals surface area contributed by atoms with E-state index >= 15 is 0 Å². The van der Waals surface area contributed by atoms with Gasteiger partial charge in [-0.05, 0) is 46.1 Å². The maximum Gasteiger partial charge on any atom is 0.239 e. The largest absolute Gasteiger partial charge is 0.354 e. The Morgan fingerprint density at radius 3 is 2.50 bits per heavy atom. The van der Waals surface area contributed by atoms with Crippen molar-refractivity contribution in [2.45, 2.75) is 64.7 Å². The number of nitrogens with one attached hydrogen (secondary N) is 3. The summed E-state index contributed by atoms with van der Waals surface area (Å²) in [7, 11) is 1.74. The van der Waals surface area contributed by atoms with Crippen LogP contribution in [0.5, 0.6) is 0 Å². The van der Waals surface area contributed by atoms with Crippen LogP contribution in [-0.4, -0.2) is 54.5 Å². The molecule has 1 aliphatic rings. The molecule has 1 aromatic carbocycles. The van der Waals surface area contributed by atoms with Crippen LogP contribution in [0, 0.1) is 0 Å². The molecule has 0 aromatic heterocycles. The van der Waals surface area contributed by atoms with Crippen LogP contribution < -0.4 is 16.0 Å². The van der Waals surface area contributed by atoms with Gasteiger partial charge in [-0.1, -0.05) is 30.3 Å². The Morgan fingerprint density at radius 1 is 1.25 bits per heavy atom.